The standard InChI is InChI=1S/C19H31N3O3/c1-12-15(13(2)25-22-12)8-9-18(24)20-11-14-10-19(3)16(21-14)6-4-5-7-17(19)23/h14,16-17,21,23H,4-11H2,1-3H3,(H,20,24)/t14-,16-,17+,19-/m1/s1. The maximum atomic E-state index is 12.2. The number of carbonyl (C=O) groups is 1. The summed E-state index contributed by atoms with van der Waals surface area (Å²) in [6.45, 7) is 6.60. The Labute approximate surface area is 149 Å². The minimum atomic E-state index is -0.243. The van der Waals surface area contributed by atoms with Gasteiger partial charge in [0.05, 0.1) is 11.8 Å². The van der Waals surface area contributed by atoms with E-state index in [4.69, 9.17) is 4.52 Å². The monoisotopic (exact) mass is 349 g/mol. The largest absolute Gasteiger partial charge is 0.392 e. The highest BCUT2D eigenvalue weighted by Crippen LogP contribution is 2.43. The van der Waals surface area contributed by atoms with Crippen molar-refractivity contribution in [3.63, 3.8) is 0 Å². The van der Waals surface area contributed by atoms with Gasteiger partial charge in [0, 0.05) is 36.0 Å². The zero-order chi connectivity index (χ0) is 18.0. The second-order valence-corrected chi connectivity index (χ2v) is 8.03. The Hall–Kier alpha value is -1.40. The van der Waals surface area contributed by atoms with Crippen molar-refractivity contribution in [3.05, 3.63) is 17.0 Å². The van der Waals surface area contributed by atoms with Crippen molar-refractivity contribution in [2.75, 3.05) is 6.54 Å². The Morgan fingerprint density at radius 2 is 2.16 bits per heavy atom. The molecule has 1 saturated carbocycles. The second-order valence-electron chi connectivity index (χ2n) is 8.03. The SMILES string of the molecule is Cc1noc(C)c1CCC(=O)NC[C@H]1C[C@@]2(C)[C@@H](O)CCCC[C@H]2N1. The predicted octanol–water partition coefficient (Wildman–Crippen LogP) is 2.01. The van der Waals surface area contributed by atoms with Crippen LogP contribution >= 0.6 is 0 Å². The molecule has 2 fully saturated rings. The van der Waals surface area contributed by atoms with Crippen LogP contribution in [0.1, 0.15) is 62.5 Å². The van der Waals surface area contributed by atoms with E-state index in [2.05, 4.69) is 22.7 Å². The summed E-state index contributed by atoms with van der Waals surface area (Å²) in [6.07, 6.45) is 6.06. The number of aromatic nitrogens is 1. The fourth-order valence-electron chi connectivity index (χ4n) is 4.56. The van der Waals surface area contributed by atoms with Crippen LogP contribution < -0.4 is 10.6 Å². The number of amides is 1. The third-order valence-corrected chi connectivity index (χ3v) is 6.23. The fraction of sp³-hybridized carbons (Fsp3) is 0.789. The molecule has 0 spiro atoms. The Morgan fingerprint density at radius 3 is 2.88 bits per heavy atom. The zero-order valence-corrected chi connectivity index (χ0v) is 15.6. The summed E-state index contributed by atoms with van der Waals surface area (Å²) in [5, 5.41) is 21.1. The van der Waals surface area contributed by atoms with Crippen LogP contribution in [0.2, 0.25) is 0 Å². The van der Waals surface area contributed by atoms with Gasteiger partial charge < -0.3 is 20.3 Å². The highest BCUT2D eigenvalue weighted by Gasteiger charge is 2.48. The lowest BCUT2D eigenvalue weighted by Crippen LogP contribution is -2.43. The molecule has 2 heterocycles. The molecule has 1 aromatic rings. The number of nitrogens with one attached hydrogen (secondary N) is 2. The molecule has 140 valence electrons. The van der Waals surface area contributed by atoms with Crippen LogP contribution in [0.15, 0.2) is 4.52 Å². The molecule has 6 nitrogen and oxygen atoms in total. The first-order valence-corrected chi connectivity index (χ1v) is 9.52. The van der Waals surface area contributed by atoms with Crippen molar-refractivity contribution in [2.45, 2.75) is 83.9 Å². The van der Waals surface area contributed by atoms with Crippen LogP contribution in [-0.4, -0.2) is 40.9 Å². The molecule has 1 saturated heterocycles. The first-order chi connectivity index (χ1) is 11.9. The molecule has 1 amide bonds. The van der Waals surface area contributed by atoms with Crippen molar-refractivity contribution in [2.24, 2.45) is 5.41 Å². The van der Waals surface area contributed by atoms with Crippen LogP contribution in [0.5, 0.6) is 0 Å². The number of hydrogen-bond acceptors (Lipinski definition) is 5. The molecule has 0 bridgehead atoms. The van der Waals surface area contributed by atoms with E-state index in [0.717, 1.165) is 42.7 Å². The number of hydrogen-bond donors (Lipinski definition) is 3. The Kier molecular flexibility index (Phi) is 5.49. The maximum absolute atomic E-state index is 12.2. The summed E-state index contributed by atoms with van der Waals surface area (Å²) >= 11 is 0. The molecule has 1 aromatic heterocycles. The quantitative estimate of drug-likeness (QED) is 0.757. The van der Waals surface area contributed by atoms with E-state index >= 15 is 0 Å². The summed E-state index contributed by atoms with van der Waals surface area (Å²) in [7, 11) is 0. The number of carbonyl (C=O) groups excluding carboxylic acids is 1. The maximum Gasteiger partial charge on any atom is 0.220 e. The molecule has 6 heteroatoms. The molecule has 2 aliphatic rings. The zero-order valence-electron chi connectivity index (χ0n) is 15.6. The average Bonchev–Trinajstić information content (AvgIpc) is 3.04. The highest BCUT2D eigenvalue weighted by molar-refractivity contribution is 5.76. The van der Waals surface area contributed by atoms with Gasteiger partial charge in [-0.15, -0.1) is 0 Å². The summed E-state index contributed by atoms with van der Waals surface area (Å²) in [6, 6.07) is 0.597. The average molecular weight is 349 g/mol. The molecule has 1 aliphatic carbocycles. The number of aryl methyl sites for hydroxylation is 2. The first-order valence-electron chi connectivity index (χ1n) is 9.52. The van der Waals surface area contributed by atoms with Gasteiger partial charge in [-0.1, -0.05) is 24.9 Å². The van der Waals surface area contributed by atoms with E-state index in [1.54, 1.807) is 0 Å². The number of aliphatic hydroxyl groups excluding tert-OH is 1. The molecular formula is C19H31N3O3. The Balaban J connectivity index is 1.47. The molecule has 4 atom stereocenters. The highest BCUT2D eigenvalue weighted by atomic mass is 16.5. The van der Waals surface area contributed by atoms with E-state index < -0.39 is 0 Å². The van der Waals surface area contributed by atoms with Gasteiger partial charge in [0.1, 0.15) is 5.76 Å². The minimum Gasteiger partial charge on any atom is -0.392 e. The summed E-state index contributed by atoms with van der Waals surface area (Å²) in [5.74, 6) is 0.851. The van der Waals surface area contributed by atoms with Crippen LogP contribution in [0, 0.1) is 19.3 Å². The molecule has 3 N–H and O–H groups in total. The summed E-state index contributed by atoms with van der Waals surface area (Å²) < 4.78 is 5.14. The van der Waals surface area contributed by atoms with E-state index in [1.807, 2.05) is 13.8 Å². The number of nitrogens with zero attached hydrogens (tertiary/aromatic N) is 1. The number of rotatable bonds is 5. The minimum absolute atomic E-state index is 0.0552. The van der Waals surface area contributed by atoms with Crippen LogP contribution in [-0.2, 0) is 11.2 Å². The Morgan fingerprint density at radius 1 is 1.40 bits per heavy atom. The van der Waals surface area contributed by atoms with Gasteiger partial charge in [-0.2, -0.15) is 0 Å². The van der Waals surface area contributed by atoms with Crippen LogP contribution in [0.4, 0.5) is 0 Å². The number of aliphatic hydroxyl groups is 1. The van der Waals surface area contributed by atoms with E-state index in [1.165, 1.54) is 6.42 Å². The van der Waals surface area contributed by atoms with E-state index in [9.17, 15) is 9.90 Å². The predicted molar refractivity (Wildman–Crippen MR) is 95.2 cm³/mol. The molecule has 3 rings (SSSR count). The van der Waals surface area contributed by atoms with Crippen LogP contribution in [0.25, 0.3) is 0 Å². The van der Waals surface area contributed by atoms with Gasteiger partial charge >= 0.3 is 0 Å². The van der Waals surface area contributed by atoms with Gasteiger partial charge in [0.15, 0.2) is 0 Å². The first kappa shape index (κ1) is 18.4. The van der Waals surface area contributed by atoms with Crippen LogP contribution in [0.3, 0.4) is 0 Å². The lowest BCUT2D eigenvalue weighted by molar-refractivity contribution is -0.121. The normalized spacial score (nSPS) is 32.2. The third kappa shape index (κ3) is 3.90. The van der Waals surface area contributed by atoms with E-state index in [0.29, 0.717) is 25.4 Å². The summed E-state index contributed by atoms with van der Waals surface area (Å²) in [5.41, 5.74) is 1.83. The lowest BCUT2D eigenvalue weighted by atomic mass is 9.75. The molecule has 25 heavy (non-hydrogen) atoms. The smallest absolute Gasteiger partial charge is 0.220 e. The fourth-order valence-corrected chi connectivity index (χ4v) is 4.56. The topological polar surface area (TPSA) is 87.4 Å². The number of fused-ring (bicyclic) bond motifs is 1. The summed E-state index contributed by atoms with van der Waals surface area (Å²) in [4.78, 5) is 12.2. The molecular weight excluding hydrogens is 318 g/mol. The lowest BCUT2D eigenvalue weighted by Gasteiger charge is -2.33. The Bertz CT molecular complexity index is 596. The molecule has 0 aromatic carbocycles. The van der Waals surface area contributed by atoms with Crippen molar-refractivity contribution in [1.82, 2.24) is 15.8 Å². The van der Waals surface area contributed by atoms with Crippen molar-refractivity contribution < 1.29 is 14.4 Å². The van der Waals surface area contributed by atoms with Crippen molar-refractivity contribution in [1.29, 1.82) is 0 Å². The van der Waals surface area contributed by atoms with Gasteiger partial charge in [0.25, 0.3) is 0 Å². The van der Waals surface area contributed by atoms with E-state index in [-0.39, 0.29) is 23.5 Å². The van der Waals surface area contributed by atoms with Gasteiger partial charge in [0.2, 0.25) is 5.91 Å². The second kappa shape index (κ2) is 7.46. The van der Waals surface area contributed by atoms with Gasteiger partial charge in [-0.05, 0) is 39.5 Å². The third-order valence-electron chi connectivity index (χ3n) is 6.23. The van der Waals surface area contributed by atoms with Crippen molar-refractivity contribution in [3.8, 4) is 0 Å². The van der Waals surface area contributed by atoms with Crippen molar-refractivity contribution >= 4 is 5.91 Å². The molecule has 0 unspecified atom stereocenters. The molecule has 0 radical (unpaired) electrons. The molecule has 1 aliphatic heterocycles. The van der Waals surface area contributed by atoms with Gasteiger partial charge in [-0.25, -0.2) is 0 Å². The van der Waals surface area contributed by atoms with Gasteiger partial charge in [-0.3, -0.25) is 4.79 Å².